The van der Waals surface area contributed by atoms with Crippen LogP contribution in [0.4, 0.5) is 0 Å². The van der Waals surface area contributed by atoms with Crippen LogP contribution < -0.4 is 11.1 Å². The zero-order valence-corrected chi connectivity index (χ0v) is 18.3. The molecule has 0 saturated carbocycles. The van der Waals surface area contributed by atoms with Crippen molar-refractivity contribution in [2.24, 2.45) is 5.73 Å². The molecule has 0 unspecified atom stereocenters. The second kappa shape index (κ2) is 8.43. The number of H-pyrrole nitrogens is 1. The van der Waals surface area contributed by atoms with Crippen LogP contribution in [0.3, 0.4) is 0 Å². The third kappa shape index (κ3) is 3.69. The number of aromatic nitrogens is 1. The zero-order chi connectivity index (χ0) is 22.1. The predicted octanol–water partition coefficient (Wildman–Crippen LogP) is 2.66. The van der Waals surface area contributed by atoms with E-state index in [4.69, 9.17) is 5.73 Å². The number of aromatic amines is 1. The largest absolute Gasteiger partial charge is 0.361 e. The fourth-order valence-corrected chi connectivity index (χ4v) is 5.63. The molecule has 32 heavy (non-hydrogen) atoms. The van der Waals surface area contributed by atoms with Gasteiger partial charge in [0.1, 0.15) is 6.04 Å². The van der Waals surface area contributed by atoms with Crippen molar-refractivity contribution in [1.29, 1.82) is 0 Å². The normalized spacial score (nSPS) is 18.0. The number of para-hydroxylation sites is 1. The summed E-state index contributed by atoms with van der Waals surface area (Å²) in [5.41, 5.74) is 10.7. The molecule has 1 aliphatic heterocycles. The predicted molar refractivity (Wildman–Crippen MR) is 125 cm³/mol. The molecule has 5 rings (SSSR count). The van der Waals surface area contributed by atoms with Gasteiger partial charge in [0.15, 0.2) is 0 Å². The SMILES string of the molecule is NCC(=O)N[C@H](Cc1c[nH]c2ccccc12)C(=O)N1CCC2(CCc3ccccc32)CC1. The first-order valence-corrected chi connectivity index (χ1v) is 11.5. The Morgan fingerprint density at radius 1 is 1.06 bits per heavy atom. The number of nitrogens with one attached hydrogen (secondary N) is 2. The number of rotatable bonds is 5. The molecule has 6 nitrogen and oxygen atoms in total. The van der Waals surface area contributed by atoms with E-state index in [1.54, 1.807) is 0 Å². The fraction of sp³-hybridized carbons (Fsp3) is 0.385. The van der Waals surface area contributed by atoms with Crippen molar-refractivity contribution in [3.63, 3.8) is 0 Å². The molecular formula is C26H30N4O2. The van der Waals surface area contributed by atoms with Crippen molar-refractivity contribution in [2.75, 3.05) is 19.6 Å². The van der Waals surface area contributed by atoms with Gasteiger partial charge in [-0.1, -0.05) is 42.5 Å². The van der Waals surface area contributed by atoms with Crippen LogP contribution in [0, 0.1) is 0 Å². The molecule has 1 aliphatic carbocycles. The van der Waals surface area contributed by atoms with Crippen molar-refractivity contribution in [1.82, 2.24) is 15.2 Å². The van der Waals surface area contributed by atoms with Crippen LogP contribution in [-0.2, 0) is 27.8 Å². The molecule has 1 spiro atoms. The molecule has 166 valence electrons. The second-order valence-electron chi connectivity index (χ2n) is 9.15. The Bertz CT molecular complexity index is 1140. The number of fused-ring (bicyclic) bond motifs is 3. The molecule has 2 heterocycles. The smallest absolute Gasteiger partial charge is 0.245 e. The lowest BCUT2D eigenvalue weighted by atomic mass is 9.74. The molecule has 1 saturated heterocycles. The number of carbonyl (C=O) groups is 2. The Morgan fingerprint density at radius 2 is 1.81 bits per heavy atom. The Labute approximate surface area is 188 Å². The molecule has 2 aliphatic rings. The van der Waals surface area contributed by atoms with Gasteiger partial charge >= 0.3 is 0 Å². The van der Waals surface area contributed by atoms with Crippen molar-refractivity contribution < 1.29 is 9.59 Å². The Kier molecular flexibility index (Phi) is 5.47. The summed E-state index contributed by atoms with van der Waals surface area (Å²) in [6.45, 7) is 1.31. The molecule has 2 amide bonds. The van der Waals surface area contributed by atoms with Crippen molar-refractivity contribution in [2.45, 2.75) is 43.6 Å². The summed E-state index contributed by atoms with van der Waals surface area (Å²) in [5, 5.41) is 3.95. The maximum Gasteiger partial charge on any atom is 0.245 e. The minimum Gasteiger partial charge on any atom is -0.361 e. The highest BCUT2D eigenvalue weighted by Gasteiger charge is 2.42. The lowest BCUT2D eigenvalue weighted by molar-refractivity contribution is -0.137. The quantitative estimate of drug-likeness (QED) is 0.581. The third-order valence-electron chi connectivity index (χ3n) is 7.41. The van der Waals surface area contributed by atoms with Crippen LogP contribution in [0.15, 0.2) is 54.7 Å². The molecule has 1 fully saturated rings. The Balaban J connectivity index is 1.33. The third-order valence-corrected chi connectivity index (χ3v) is 7.41. The topological polar surface area (TPSA) is 91.2 Å². The first kappa shape index (κ1) is 20.8. The summed E-state index contributed by atoms with van der Waals surface area (Å²) in [7, 11) is 0. The average molecular weight is 431 g/mol. The van der Waals surface area contributed by atoms with Gasteiger partial charge in [-0.05, 0) is 53.9 Å². The van der Waals surface area contributed by atoms with Gasteiger partial charge in [-0.2, -0.15) is 0 Å². The molecule has 0 bridgehead atoms. The number of carbonyl (C=O) groups excluding carboxylic acids is 2. The lowest BCUT2D eigenvalue weighted by Gasteiger charge is -2.41. The average Bonchev–Trinajstić information content (AvgIpc) is 3.41. The van der Waals surface area contributed by atoms with Crippen molar-refractivity contribution in [3.05, 3.63) is 71.4 Å². The highest BCUT2D eigenvalue weighted by molar-refractivity contribution is 5.90. The minimum atomic E-state index is -0.616. The molecule has 1 atom stereocenters. The van der Waals surface area contributed by atoms with E-state index in [9.17, 15) is 9.59 Å². The van der Waals surface area contributed by atoms with Crippen LogP contribution in [0.25, 0.3) is 10.9 Å². The van der Waals surface area contributed by atoms with Gasteiger partial charge in [0, 0.05) is 36.6 Å². The Morgan fingerprint density at radius 3 is 2.62 bits per heavy atom. The summed E-state index contributed by atoms with van der Waals surface area (Å²) in [6.07, 6.45) is 6.61. The van der Waals surface area contributed by atoms with E-state index in [-0.39, 0.29) is 23.8 Å². The Hall–Kier alpha value is -3.12. The van der Waals surface area contributed by atoms with Crippen LogP contribution in [0.2, 0.25) is 0 Å². The minimum absolute atomic E-state index is 0.0155. The van der Waals surface area contributed by atoms with Gasteiger partial charge in [-0.25, -0.2) is 0 Å². The van der Waals surface area contributed by atoms with Crippen LogP contribution in [0.5, 0.6) is 0 Å². The van der Waals surface area contributed by atoms with E-state index in [1.807, 2.05) is 35.4 Å². The van der Waals surface area contributed by atoms with E-state index < -0.39 is 6.04 Å². The van der Waals surface area contributed by atoms with Crippen molar-refractivity contribution >= 4 is 22.7 Å². The van der Waals surface area contributed by atoms with Crippen molar-refractivity contribution in [3.8, 4) is 0 Å². The van der Waals surface area contributed by atoms with Gasteiger partial charge in [0.25, 0.3) is 0 Å². The van der Waals surface area contributed by atoms with Gasteiger partial charge in [0.2, 0.25) is 11.8 Å². The first-order chi connectivity index (χ1) is 15.6. The molecule has 3 aromatic rings. The highest BCUT2D eigenvalue weighted by Crippen LogP contribution is 2.46. The molecule has 4 N–H and O–H groups in total. The number of hydrogen-bond donors (Lipinski definition) is 3. The standard InChI is InChI=1S/C26H30N4O2/c27-16-24(31)29-23(15-19-17-28-22-8-4-2-6-20(19)22)25(32)30-13-11-26(12-14-30)10-9-18-5-1-3-7-21(18)26/h1-8,17,23,28H,9-16,27H2,(H,29,31)/t23-/m1/s1. The molecule has 6 heteroatoms. The molecule has 1 aromatic heterocycles. The number of nitrogens with two attached hydrogens (primary N) is 1. The van der Waals surface area contributed by atoms with Gasteiger partial charge in [0.05, 0.1) is 6.54 Å². The molecular weight excluding hydrogens is 400 g/mol. The van der Waals surface area contributed by atoms with E-state index in [0.717, 1.165) is 55.2 Å². The number of nitrogens with zero attached hydrogens (tertiary/aromatic N) is 1. The van der Waals surface area contributed by atoms with Gasteiger partial charge in [-0.15, -0.1) is 0 Å². The summed E-state index contributed by atoms with van der Waals surface area (Å²) in [6, 6.07) is 16.1. The van der Waals surface area contributed by atoms with Crippen LogP contribution >= 0.6 is 0 Å². The zero-order valence-electron chi connectivity index (χ0n) is 18.3. The number of benzene rings is 2. The summed E-state index contributed by atoms with van der Waals surface area (Å²) in [5.74, 6) is -0.320. The maximum atomic E-state index is 13.5. The van der Waals surface area contributed by atoms with Crippen LogP contribution in [-0.4, -0.2) is 47.4 Å². The van der Waals surface area contributed by atoms with Crippen LogP contribution in [0.1, 0.15) is 36.0 Å². The maximum absolute atomic E-state index is 13.5. The van der Waals surface area contributed by atoms with E-state index in [2.05, 4.69) is 34.6 Å². The monoisotopic (exact) mass is 430 g/mol. The summed E-state index contributed by atoms with van der Waals surface area (Å²) in [4.78, 5) is 30.8. The fourth-order valence-electron chi connectivity index (χ4n) is 5.63. The van der Waals surface area contributed by atoms with E-state index in [0.29, 0.717) is 6.42 Å². The summed E-state index contributed by atoms with van der Waals surface area (Å²) < 4.78 is 0. The van der Waals surface area contributed by atoms with Gasteiger partial charge < -0.3 is 20.9 Å². The number of hydrogen-bond acceptors (Lipinski definition) is 3. The number of aryl methyl sites for hydroxylation is 1. The van der Waals surface area contributed by atoms with E-state index >= 15 is 0 Å². The first-order valence-electron chi connectivity index (χ1n) is 11.5. The lowest BCUT2D eigenvalue weighted by Crippen LogP contribution is -2.54. The number of likely N-dealkylation sites (tertiary alicyclic amines) is 1. The summed E-state index contributed by atoms with van der Waals surface area (Å²) >= 11 is 0. The second-order valence-corrected chi connectivity index (χ2v) is 9.15. The molecule has 0 radical (unpaired) electrons. The van der Waals surface area contributed by atoms with E-state index in [1.165, 1.54) is 11.1 Å². The van der Waals surface area contributed by atoms with Gasteiger partial charge in [-0.3, -0.25) is 9.59 Å². The highest BCUT2D eigenvalue weighted by atomic mass is 16.2. The number of amides is 2. The number of piperidine rings is 1. The molecule has 2 aromatic carbocycles.